The number of amides is 1. The van der Waals surface area contributed by atoms with E-state index in [0.29, 0.717) is 11.5 Å². The minimum absolute atomic E-state index is 0.0742. The number of nitrogens with one attached hydrogen (secondary N) is 1. The lowest BCUT2D eigenvalue weighted by atomic mass is 9.89. The van der Waals surface area contributed by atoms with Gasteiger partial charge < -0.3 is 30.1 Å². The molecule has 1 saturated carbocycles. The highest BCUT2D eigenvalue weighted by Crippen LogP contribution is 2.42. The van der Waals surface area contributed by atoms with Crippen molar-refractivity contribution >= 4 is 5.91 Å². The van der Waals surface area contributed by atoms with Crippen LogP contribution in [-0.4, -0.2) is 40.4 Å². The zero-order valence-electron chi connectivity index (χ0n) is 12.9. The fourth-order valence-electron chi connectivity index (χ4n) is 3.21. The van der Waals surface area contributed by atoms with Crippen LogP contribution in [0.15, 0.2) is 18.2 Å². The Hall–Kier alpha value is -1.83. The van der Waals surface area contributed by atoms with Crippen LogP contribution in [0.25, 0.3) is 0 Å². The SMILES string of the molecule is COc1ccc(C2(O)CC(=O)NC2(O)O)cc1OC1CCCC1. The third-order valence-electron chi connectivity index (χ3n) is 4.54. The largest absolute Gasteiger partial charge is 0.493 e. The monoisotopic (exact) mass is 323 g/mol. The van der Waals surface area contributed by atoms with E-state index in [0.717, 1.165) is 25.7 Å². The first-order chi connectivity index (χ1) is 10.9. The van der Waals surface area contributed by atoms with E-state index in [9.17, 15) is 20.1 Å². The van der Waals surface area contributed by atoms with E-state index < -0.39 is 23.8 Å². The minimum atomic E-state index is -2.73. The fraction of sp³-hybridized carbons (Fsp3) is 0.562. The van der Waals surface area contributed by atoms with Gasteiger partial charge >= 0.3 is 0 Å². The van der Waals surface area contributed by atoms with E-state index in [1.165, 1.54) is 19.2 Å². The van der Waals surface area contributed by atoms with Crippen molar-refractivity contribution in [2.75, 3.05) is 7.11 Å². The van der Waals surface area contributed by atoms with Crippen LogP contribution in [0.2, 0.25) is 0 Å². The lowest BCUT2D eigenvalue weighted by molar-refractivity contribution is -0.275. The Labute approximate surface area is 133 Å². The number of rotatable bonds is 4. The average Bonchev–Trinajstić information content (AvgIpc) is 3.05. The summed E-state index contributed by atoms with van der Waals surface area (Å²) in [6.45, 7) is 0. The van der Waals surface area contributed by atoms with Gasteiger partial charge in [0.25, 0.3) is 5.91 Å². The number of hydrogen-bond donors (Lipinski definition) is 4. The van der Waals surface area contributed by atoms with Gasteiger partial charge in [-0.2, -0.15) is 0 Å². The summed E-state index contributed by atoms with van der Waals surface area (Å²) in [6, 6.07) is 4.57. The summed E-state index contributed by atoms with van der Waals surface area (Å²) in [7, 11) is 1.51. The number of methoxy groups -OCH3 is 1. The Morgan fingerprint density at radius 1 is 1.17 bits per heavy atom. The number of carbonyl (C=O) groups excluding carboxylic acids is 1. The van der Waals surface area contributed by atoms with Crippen molar-refractivity contribution in [2.45, 2.75) is 49.7 Å². The Kier molecular flexibility index (Phi) is 3.95. The molecule has 1 aliphatic heterocycles. The minimum Gasteiger partial charge on any atom is -0.493 e. The van der Waals surface area contributed by atoms with Gasteiger partial charge in [-0.1, -0.05) is 6.07 Å². The first-order valence-electron chi connectivity index (χ1n) is 7.69. The molecule has 1 atom stereocenters. The zero-order chi connectivity index (χ0) is 16.7. The molecule has 1 heterocycles. The molecule has 2 fully saturated rings. The van der Waals surface area contributed by atoms with Gasteiger partial charge in [-0.05, 0) is 43.4 Å². The Balaban J connectivity index is 1.95. The van der Waals surface area contributed by atoms with Crippen molar-refractivity contribution in [2.24, 2.45) is 0 Å². The Morgan fingerprint density at radius 3 is 2.43 bits per heavy atom. The number of carbonyl (C=O) groups is 1. The normalized spacial score (nSPS) is 27.0. The molecule has 7 nitrogen and oxygen atoms in total. The first-order valence-corrected chi connectivity index (χ1v) is 7.69. The molecule has 2 aliphatic rings. The molecule has 0 radical (unpaired) electrons. The van der Waals surface area contributed by atoms with Gasteiger partial charge in [-0.3, -0.25) is 4.79 Å². The maximum atomic E-state index is 11.5. The van der Waals surface area contributed by atoms with Crippen molar-refractivity contribution in [3.05, 3.63) is 23.8 Å². The molecule has 23 heavy (non-hydrogen) atoms. The number of ether oxygens (including phenoxy) is 2. The standard InChI is InChI=1S/C16H21NO6/c1-22-12-7-6-10(8-13(12)23-11-4-2-3-5-11)15(19)9-14(18)17-16(15,20)21/h6-8,11,19-21H,2-5,9H2,1H3,(H,17,18). The predicted octanol–water partition coefficient (Wildman–Crippen LogP) is 0.362. The molecule has 4 N–H and O–H groups in total. The topological polar surface area (TPSA) is 108 Å². The van der Waals surface area contributed by atoms with E-state index in [4.69, 9.17) is 9.47 Å². The fourth-order valence-corrected chi connectivity index (χ4v) is 3.21. The molecule has 3 rings (SSSR count). The van der Waals surface area contributed by atoms with E-state index in [-0.39, 0.29) is 11.7 Å². The summed E-state index contributed by atoms with van der Waals surface area (Å²) in [6.07, 6.45) is 3.72. The van der Waals surface area contributed by atoms with Crippen LogP contribution in [0, 0.1) is 0 Å². The molecule has 0 aromatic heterocycles. The third kappa shape index (κ3) is 2.75. The summed E-state index contributed by atoms with van der Waals surface area (Å²) in [5, 5.41) is 32.5. The molecule has 1 aromatic rings. The highest BCUT2D eigenvalue weighted by molar-refractivity contribution is 5.81. The lowest BCUT2D eigenvalue weighted by Gasteiger charge is -2.32. The third-order valence-corrected chi connectivity index (χ3v) is 4.54. The van der Waals surface area contributed by atoms with E-state index >= 15 is 0 Å². The van der Waals surface area contributed by atoms with Gasteiger partial charge in [0.15, 0.2) is 17.1 Å². The number of benzene rings is 1. The van der Waals surface area contributed by atoms with Gasteiger partial charge in [-0.15, -0.1) is 0 Å². The van der Waals surface area contributed by atoms with Gasteiger partial charge in [-0.25, -0.2) is 0 Å². The molecule has 7 heteroatoms. The molecule has 0 bridgehead atoms. The molecule has 126 valence electrons. The summed E-state index contributed by atoms with van der Waals surface area (Å²) in [4.78, 5) is 11.5. The van der Waals surface area contributed by atoms with Crippen LogP contribution < -0.4 is 14.8 Å². The van der Waals surface area contributed by atoms with E-state index in [2.05, 4.69) is 0 Å². The van der Waals surface area contributed by atoms with Crippen LogP contribution in [0.1, 0.15) is 37.7 Å². The molecule has 0 spiro atoms. The average molecular weight is 323 g/mol. The summed E-state index contributed by atoms with van der Waals surface area (Å²) >= 11 is 0. The molecule has 1 unspecified atom stereocenters. The summed E-state index contributed by atoms with van der Waals surface area (Å²) in [5.74, 6) is -2.47. The Bertz CT molecular complexity index is 611. The molecule has 1 aliphatic carbocycles. The smallest absolute Gasteiger partial charge is 0.281 e. The van der Waals surface area contributed by atoms with Crippen LogP contribution in [0.5, 0.6) is 11.5 Å². The quantitative estimate of drug-likeness (QED) is 0.596. The van der Waals surface area contributed by atoms with Gasteiger partial charge in [0, 0.05) is 0 Å². The zero-order valence-corrected chi connectivity index (χ0v) is 12.9. The molecule has 1 amide bonds. The van der Waals surface area contributed by atoms with Gasteiger partial charge in [0.1, 0.15) is 0 Å². The van der Waals surface area contributed by atoms with Crippen LogP contribution in [0.3, 0.4) is 0 Å². The molecular formula is C16H21NO6. The second-order valence-electron chi connectivity index (χ2n) is 6.15. The maximum absolute atomic E-state index is 11.5. The maximum Gasteiger partial charge on any atom is 0.281 e. The second-order valence-corrected chi connectivity index (χ2v) is 6.15. The molecule has 1 aromatic carbocycles. The summed E-state index contributed by atoms with van der Waals surface area (Å²) in [5.41, 5.74) is -1.97. The first kappa shape index (κ1) is 16.0. The lowest BCUT2D eigenvalue weighted by Crippen LogP contribution is -2.54. The van der Waals surface area contributed by atoms with E-state index in [1.807, 2.05) is 5.32 Å². The van der Waals surface area contributed by atoms with Crippen LogP contribution >= 0.6 is 0 Å². The highest BCUT2D eigenvalue weighted by atomic mass is 16.6. The number of aliphatic hydroxyl groups is 3. The van der Waals surface area contributed by atoms with Crippen molar-refractivity contribution in [3.8, 4) is 11.5 Å². The predicted molar refractivity (Wildman–Crippen MR) is 79.7 cm³/mol. The van der Waals surface area contributed by atoms with Crippen molar-refractivity contribution in [1.29, 1.82) is 0 Å². The highest BCUT2D eigenvalue weighted by Gasteiger charge is 2.58. The summed E-state index contributed by atoms with van der Waals surface area (Å²) < 4.78 is 11.2. The van der Waals surface area contributed by atoms with Crippen molar-refractivity contribution in [1.82, 2.24) is 5.32 Å². The molecule has 1 saturated heterocycles. The Morgan fingerprint density at radius 2 is 1.87 bits per heavy atom. The molecular weight excluding hydrogens is 302 g/mol. The van der Waals surface area contributed by atoms with E-state index in [1.54, 1.807) is 6.07 Å². The van der Waals surface area contributed by atoms with Crippen molar-refractivity contribution in [3.63, 3.8) is 0 Å². The van der Waals surface area contributed by atoms with Crippen LogP contribution in [0.4, 0.5) is 0 Å². The van der Waals surface area contributed by atoms with Gasteiger partial charge in [0.2, 0.25) is 5.91 Å². The number of hydrogen-bond acceptors (Lipinski definition) is 6. The second kappa shape index (κ2) is 5.67. The van der Waals surface area contributed by atoms with Crippen molar-refractivity contribution < 1.29 is 29.6 Å². The van der Waals surface area contributed by atoms with Gasteiger partial charge in [0.05, 0.1) is 19.6 Å². The van der Waals surface area contributed by atoms with Crippen LogP contribution in [-0.2, 0) is 10.4 Å².